The first-order valence-corrected chi connectivity index (χ1v) is 6.67. The van der Waals surface area contributed by atoms with Crippen LogP contribution in [0.1, 0.15) is 21.7 Å². The van der Waals surface area contributed by atoms with Crippen molar-refractivity contribution < 1.29 is 4.79 Å². The van der Waals surface area contributed by atoms with Crippen molar-refractivity contribution in [3.63, 3.8) is 0 Å². The molecular formula is C14H14N2OS. The van der Waals surface area contributed by atoms with E-state index in [1.807, 2.05) is 50.2 Å². The molecule has 1 aromatic carbocycles. The molecule has 0 N–H and O–H groups in total. The molecule has 2 rings (SSSR count). The molecule has 18 heavy (non-hydrogen) atoms. The van der Waals surface area contributed by atoms with Crippen molar-refractivity contribution in [2.24, 2.45) is 0 Å². The Morgan fingerprint density at radius 3 is 2.33 bits per heavy atom. The van der Waals surface area contributed by atoms with Crippen LogP contribution in [-0.4, -0.2) is 21.5 Å². The summed E-state index contributed by atoms with van der Waals surface area (Å²) in [6, 6.07) is 11.2. The van der Waals surface area contributed by atoms with E-state index < -0.39 is 0 Å². The van der Waals surface area contributed by atoms with Gasteiger partial charge in [-0.2, -0.15) is 0 Å². The summed E-state index contributed by atoms with van der Waals surface area (Å²) in [5.74, 6) is 0.468. The Morgan fingerprint density at radius 1 is 1.11 bits per heavy atom. The number of ketones is 1. The Balaban J connectivity index is 2.02. The Morgan fingerprint density at radius 2 is 1.72 bits per heavy atom. The van der Waals surface area contributed by atoms with Gasteiger partial charge in [-0.05, 0) is 19.9 Å². The highest BCUT2D eigenvalue weighted by Gasteiger charge is 2.07. The maximum absolute atomic E-state index is 11.9. The van der Waals surface area contributed by atoms with Gasteiger partial charge >= 0.3 is 0 Å². The van der Waals surface area contributed by atoms with Crippen LogP contribution in [0, 0.1) is 13.8 Å². The predicted molar refractivity (Wildman–Crippen MR) is 73.0 cm³/mol. The lowest BCUT2D eigenvalue weighted by molar-refractivity contribution is 0.102. The van der Waals surface area contributed by atoms with Crippen LogP contribution in [0.25, 0.3) is 0 Å². The molecule has 4 heteroatoms. The van der Waals surface area contributed by atoms with E-state index in [1.54, 1.807) is 0 Å². The highest BCUT2D eigenvalue weighted by atomic mass is 32.2. The second-order valence-electron chi connectivity index (χ2n) is 4.01. The summed E-state index contributed by atoms with van der Waals surface area (Å²) in [4.78, 5) is 20.5. The molecule has 2 aromatic rings. The minimum Gasteiger partial charge on any atom is -0.293 e. The van der Waals surface area contributed by atoms with Crippen LogP contribution in [0.5, 0.6) is 0 Å². The fourth-order valence-corrected chi connectivity index (χ4v) is 2.44. The molecule has 1 aromatic heterocycles. The number of rotatable bonds is 4. The van der Waals surface area contributed by atoms with Crippen LogP contribution in [0.15, 0.2) is 41.6 Å². The van der Waals surface area contributed by atoms with Crippen molar-refractivity contribution in [1.82, 2.24) is 9.97 Å². The third-order valence-electron chi connectivity index (χ3n) is 2.39. The van der Waals surface area contributed by atoms with Crippen LogP contribution in [0.2, 0.25) is 0 Å². The summed E-state index contributed by atoms with van der Waals surface area (Å²) in [6.45, 7) is 3.86. The lowest BCUT2D eigenvalue weighted by Gasteiger charge is -2.02. The minimum absolute atomic E-state index is 0.100. The number of thioether (sulfide) groups is 1. The molecule has 0 aliphatic rings. The van der Waals surface area contributed by atoms with Gasteiger partial charge in [-0.15, -0.1) is 0 Å². The molecule has 0 saturated carbocycles. The first-order valence-electron chi connectivity index (χ1n) is 5.68. The van der Waals surface area contributed by atoms with Gasteiger partial charge in [-0.1, -0.05) is 42.1 Å². The van der Waals surface area contributed by atoms with E-state index in [0.29, 0.717) is 10.9 Å². The van der Waals surface area contributed by atoms with Gasteiger partial charge in [0.15, 0.2) is 10.9 Å². The first-order chi connectivity index (χ1) is 8.65. The van der Waals surface area contributed by atoms with Gasteiger partial charge in [0.25, 0.3) is 0 Å². The maximum Gasteiger partial charge on any atom is 0.188 e. The van der Waals surface area contributed by atoms with Crippen molar-refractivity contribution in [2.45, 2.75) is 19.0 Å². The van der Waals surface area contributed by atoms with Crippen molar-refractivity contribution in [2.75, 3.05) is 5.75 Å². The summed E-state index contributed by atoms with van der Waals surface area (Å²) in [7, 11) is 0. The van der Waals surface area contributed by atoms with Crippen LogP contribution < -0.4 is 0 Å². The third-order valence-corrected chi connectivity index (χ3v) is 3.24. The molecule has 0 spiro atoms. The summed E-state index contributed by atoms with van der Waals surface area (Å²) < 4.78 is 0. The van der Waals surface area contributed by atoms with E-state index in [1.165, 1.54) is 11.8 Å². The average Bonchev–Trinajstić information content (AvgIpc) is 2.36. The van der Waals surface area contributed by atoms with E-state index in [9.17, 15) is 4.79 Å². The molecule has 0 unspecified atom stereocenters. The third kappa shape index (κ3) is 3.40. The van der Waals surface area contributed by atoms with Gasteiger partial charge in [0, 0.05) is 17.0 Å². The number of hydrogen-bond donors (Lipinski definition) is 0. The molecule has 92 valence electrons. The number of benzene rings is 1. The summed E-state index contributed by atoms with van der Waals surface area (Å²) >= 11 is 1.38. The van der Waals surface area contributed by atoms with Crippen LogP contribution in [0.4, 0.5) is 0 Å². The summed E-state index contributed by atoms with van der Waals surface area (Å²) in [6.07, 6.45) is 0. The number of Topliss-reactive ketones (excluding diaryl/α,β-unsaturated/α-hetero) is 1. The molecule has 0 bridgehead atoms. The Bertz CT molecular complexity index is 535. The first kappa shape index (κ1) is 12.8. The minimum atomic E-state index is 0.100. The van der Waals surface area contributed by atoms with E-state index >= 15 is 0 Å². The quantitative estimate of drug-likeness (QED) is 0.480. The second-order valence-corrected chi connectivity index (χ2v) is 4.95. The number of hydrogen-bond acceptors (Lipinski definition) is 4. The Labute approximate surface area is 111 Å². The molecule has 0 atom stereocenters. The molecule has 0 saturated heterocycles. The van der Waals surface area contributed by atoms with Gasteiger partial charge in [0.05, 0.1) is 5.75 Å². The zero-order chi connectivity index (χ0) is 13.0. The SMILES string of the molecule is Cc1cc(C)nc(SCC(=O)c2ccccc2)n1. The van der Waals surface area contributed by atoms with Gasteiger partial charge in [-0.25, -0.2) is 9.97 Å². The topological polar surface area (TPSA) is 42.9 Å². The molecule has 0 amide bonds. The number of nitrogens with zero attached hydrogens (tertiary/aromatic N) is 2. The molecular weight excluding hydrogens is 244 g/mol. The van der Waals surface area contributed by atoms with E-state index in [4.69, 9.17) is 0 Å². The smallest absolute Gasteiger partial charge is 0.188 e. The zero-order valence-electron chi connectivity index (χ0n) is 10.4. The van der Waals surface area contributed by atoms with Crippen LogP contribution in [-0.2, 0) is 0 Å². The second kappa shape index (κ2) is 5.78. The molecule has 0 aliphatic carbocycles. The van der Waals surface area contributed by atoms with Gasteiger partial charge in [-0.3, -0.25) is 4.79 Å². The van der Waals surface area contributed by atoms with E-state index in [2.05, 4.69) is 9.97 Å². The zero-order valence-corrected chi connectivity index (χ0v) is 11.2. The number of aromatic nitrogens is 2. The summed E-state index contributed by atoms with van der Waals surface area (Å²) in [5, 5.41) is 0.664. The fourth-order valence-electron chi connectivity index (χ4n) is 1.60. The van der Waals surface area contributed by atoms with E-state index in [-0.39, 0.29) is 5.78 Å². The average molecular weight is 258 g/mol. The van der Waals surface area contributed by atoms with Crippen molar-refractivity contribution >= 4 is 17.5 Å². The molecule has 1 heterocycles. The van der Waals surface area contributed by atoms with Crippen molar-refractivity contribution in [3.8, 4) is 0 Å². The molecule has 3 nitrogen and oxygen atoms in total. The lowest BCUT2D eigenvalue weighted by Crippen LogP contribution is -2.03. The maximum atomic E-state index is 11.9. The normalized spacial score (nSPS) is 10.3. The van der Waals surface area contributed by atoms with Gasteiger partial charge < -0.3 is 0 Å². The highest BCUT2D eigenvalue weighted by Crippen LogP contribution is 2.16. The number of aryl methyl sites for hydroxylation is 2. The molecule has 0 aliphatic heterocycles. The molecule has 0 radical (unpaired) electrons. The van der Waals surface area contributed by atoms with Crippen LogP contribution in [0.3, 0.4) is 0 Å². The highest BCUT2D eigenvalue weighted by molar-refractivity contribution is 7.99. The monoisotopic (exact) mass is 258 g/mol. The lowest BCUT2D eigenvalue weighted by atomic mass is 10.2. The summed E-state index contributed by atoms with van der Waals surface area (Å²) in [5.41, 5.74) is 2.59. The van der Waals surface area contributed by atoms with E-state index in [0.717, 1.165) is 17.0 Å². The number of carbonyl (C=O) groups is 1. The van der Waals surface area contributed by atoms with Gasteiger partial charge in [0.1, 0.15) is 0 Å². The van der Waals surface area contributed by atoms with Crippen molar-refractivity contribution in [3.05, 3.63) is 53.3 Å². The van der Waals surface area contributed by atoms with Crippen LogP contribution >= 0.6 is 11.8 Å². The predicted octanol–water partition coefficient (Wildman–Crippen LogP) is 3.07. The van der Waals surface area contributed by atoms with Gasteiger partial charge in [0.2, 0.25) is 0 Å². The van der Waals surface area contributed by atoms with Crippen molar-refractivity contribution in [1.29, 1.82) is 0 Å². The molecule has 0 fully saturated rings. The fraction of sp³-hybridized carbons (Fsp3) is 0.214. The largest absolute Gasteiger partial charge is 0.293 e. The number of carbonyl (C=O) groups excluding carboxylic acids is 1. The Kier molecular flexibility index (Phi) is 4.10. The standard InChI is InChI=1S/C14H14N2OS/c1-10-8-11(2)16-14(15-10)18-9-13(17)12-6-4-3-5-7-12/h3-8H,9H2,1-2H3. The Hall–Kier alpha value is -1.68.